The Hall–Kier alpha value is -1.26. The van der Waals surface area contributed by atoms with E-state index in [9.17, 15) is 14.7 Å². The summed E-state index contributed by atoms with van der Waals surface area (Å²) in [5.41, 5.74) is -0.662. The lowest BCUT2D eigenvalue weighted by molar-refractivity contribution is -0.142. The molecule has 1 saturated carbocycles. The van der Waals surface area contributed by atoms with E-state index in [-0.39, 0.29) is 23.9 Å². The van der Waals surface area contributed by atoms with Gasteiger partial charge in [-0.2, -0.15) is 0 Å². The van der Waals surface area contributed by atoms with Crippen LogP contribution in [0.15, 0.2) is 0 Å². The molecule has 3 atom stereocenters. The number of carboxylic acids is 1. The van der Waals surface area contributed by atoms with Crippen molar-refractivity contribution < 1.29 is 19.4 Å². The van der Waals surface area contributed by atoms with Crippen molar-refractivity contribution in [3.63, 3.8) is 0 Å². The number of rotatable bonds is 1. The van der Waals surface area contributed by atoms with Crippen molar-refractivity contribution in [3.05, 3.63) is 0 Å². The van der Waals surface area contributed by atoms with E-state index in [4.69, 9.17) is 4.74 Å². The normalized spacial score (nSPS) is 32.9. The quantitative estimate of drug-likeness (QED) is 0.777. The molecule has 5 nitrogen and oxygen atoms in total. The van der Waals surface area contributed by atoms with Gasteiger partial charge in [-0.25, -0.2) is 4.79 Å². The Morgan fingerprint density at radius 3 is 2.28 bits per heavy atom. The van der Waals surface area contributed by atoms with E-state index >= 15 is 0 Å². The van der Waals surface area contributed by atoms with E-state index in [0.29, 0.717) is 0 Å². The summed E-state index contributed by atoms with van der Waals surface area (Å²) in [5.74, 6) is -1.22. The number of carbonyl (C=O) groups is 2. The molecule has 0 spiro atoms. The second-order valence-corrected chi connectivity index (χ2v) is 6.87. The van der Waals surface area contributed by atoms with Gasteiger partial charge in [0.2, 0.25) is 0 Å². The summed E-state index contributed by atoms with van der Waals surface area (Å²) >= 11 is 0. The van der Waals surface area contributed by atoms with E-state index in [0.717, 1.165) is 0 Å². The number of amides is 1. The molecule has 0 radical (unpaired) electrons. The van der Waals surface area contributed by atoms with Crippen LogP contribution in [0.3, 0.4) is 0 Å². The highest BCUT2D eigenvalue weighted by Crippen LogP contribution is 2.63. The lowest BCUT2D eigenvalue weighted by Gasteiger charge is -2.28. The molecule has 2 fully saturated rings. The van der Waals surface area contributed by atoms with Gasteiger partial charge in [0.15, 0.2) is 0 Å². The summed E-state index contributed by atoms with van der Waals surface area (Å²) in [6, 6.07) is 0.00782. The second-order valence-electron chi connectivity index (χ2n) is 6.87. The minimum atomic E-state index is -0.818. The molecule has 1 amide bonds. The third kappa shape index (κ3) is 1.95. The maximum Gasteiger partial charge on any atom is 0.410 e. The Morgan fingerprint density at radius 1 is 1.33 bits per heavy atom. The molecule has 1 heterocycles. The minimum Gasteiger partial charge on any atom is -0.481 e. The van der Waals surface area contributed by atoms with Crippen LogP contribution in [0.2, 0.25) is 0 Å². The van der Waals surface area contributed by atoms with Crippen LogP contribution >= 0.6 is 0 Å². The smallest absolute Gasteiger partial charge is 0.410 e. The Balaban J connectivity index is 2.12. The van der Waals surface area contributed by atoms with Crippen LogP contribution in [0.1, 0.15) is 34.6 Å². The maximum atomic E-state index is 12.1. The summed E-state index contributed by atoms with van der Waals surface area (Å²) in [6.07, 6.45) is -0.396. The molecule has 0 aromatic carbocycles. The molecule has 102 valence electrons. The van der Waals surface area contributed by atoms with Crippen LogP contribution < -0.4 is 0 Å². The molecule has 1 saturated heterocycles. The summed E-state index contributed by atoms with van der Waals surface area (Å²) in [4.78, 5) is 24.9. The zero-order valence-corrected chi connectivity index (χ0v) is 11.6. The van der Waals surface area contributed by atoms with E-state index < -0.39 is 23.6 Å². The number of hydrogen-bond donors (Lipinski definition) is 1. The van der Waals surface area contributed by atoms with Crippen molar-refractivity contribution in [2.45, 2.75) is 46.3 Å². The molecule has 18 heavy (non-hydrogen) atoms. The highest BCUT2D eigenvalue weighted by molar-refractivity contribution is 5.77. The summed E-state index contributed by atoms with van der Waals surface area (Å²) in [6.45, 7) is 9.72. The fourth-order valence-electron chi connectivity index (χ4n) is 3.16. The maximum absolute atomic E-state index is 12.1. The summed E-state index contributed by atoms with van der Waals surface area (Å²) in [7, 11) is 0. The van der Waals surface area contributed by atoms with E-state index in [1.165, 1.54) is 0 Å². The van der Waals surface area contributed by atoms with Gasteiger partial charge in [0, 0.05) is 18.5 Å². The molecule has 0 unspecified atom stereocenters. The Kier molecular flexibility index (Phi) is 2.65. The zero-order valence-electron chi connectivity index (χ0n) is 11.6. The van der Waals surface area contributed by atoms with Gasteiger partial charge in [0.1, 0.15) is 5.60 Å². The SMILES string of the molecule is CC(C)(C)OC(=O)N1C[C@H](C(=O)O)[C@@H]2[C@H]1C2(C)C. The molecule has 0 bridgehead atoms. The zero-order chi connectivity index (χ0) is 13.9. The van der Waals surface area contributed by atoms with Crippen molar-refractivity contribution in [1.82, 2.24) is 4.90 Å². The van der Waals surface area contributed by atoms with Gasteiger partial charge in [0.25, 0.3) is 0 Å². The van der Waals surface area contributed by atoms with E-state index in [1.807, 2.05) is 34.6 Å². The molecule has 1 N–H and O–H groups in total. The predicted molar refractivity (Wildman–Crippen MR) is 65.1 cm³/mol. The highest BCUT2D eigenvalue weighted by atomic mass is 16.6. The number of piperidine rings is 1. The first-order chi connectivity index (χ1) is 8.05. The summed E-state index contributed by atoms with van der Waals surface area (Å²) in [5, 5.41) is 9.20. The predicted octanol–water partition coefficient (Wildman–Crippen LogP) is 1.96. The Morgan fingerprint density at radius 2 is 1.89 bits per heavy atom. The fraction of sp³-hybridized carbons (Fsp3) is 0.846. The number of likely N-dealkylation sites (tertiary alicyclic amines) is 1. The van der Waals surface area contributed by atoms with E-state index in [1.54, 1.807) is 4.90 Å². The van der Waals surface area contributed by atoms with Gasteiger partial charge in [-0.3, -0.25) is 4.79 Å². The molecule has 0 aromatic heterocycles. The van der Waals surface area contributed by atoms with Gasteiger partial charge in [0.05, 0.1) is 5.92 Å². The van der Waals surface area contributed by atoms with Crippen molar-refractivity contribution in [2.24, 2.45) is 17.3 Å². The molecule has 0 aromatic rings. The minimum absolute atomic E-state index is 0.00782. The van der Waals surface area contributed by atoms with Gasteiger partial charge < -0.3 is 14.7 Å². The van der Waals surface area contributed by atoms with Crippen LogP contribution in [-0.2, 0) is 9.53 Å². The Bertz CT molecular complexity index is 396. The number of hydrogen-bond acceptors (Lipinski definition) is 3. The topological polar surface area (TPSA) is 66.8 Å². The average molecular weight is 255 g/mol. The average Bonchev–Trinajstić information content (AvgIpc) is 2.58. The molecule has 1 aliphatic carbocycles. The lowest BCUT2D eigenvalue weighted by atomic mass is 9.97. The van der Waals surface area contributed by atoms with Gasteiger partial charge in [-0.15, -0.1) is 0 Å². The first kappa shape index (κ1) is 13.2. The molecule has 2 rings (SSSR count). The van der Waals surface area contributed by atoms with Crippen molar-refractivity contribution >= 4 is 12.1 Å². The molecule has 5 heteroatoms. The first-order valence-electron chi connectivity index (χ1n) is 6.28. The van der Waals surface area contributed by atoms with Crippen LogP contribution in [0.4, 0.5) is 4.79 Å². The van der Waals surface area contributed by atoms with Gasteiger partial charge in [-0.1, -0.05) is 13.8 Å². The monoisotopic (exact) mass is 255 g/mol. The van der Waals surface area contributed by atoms with Gasteiger partial charge >= 0.3 is 12.1 Å². The molecular formula is C13H21NO4. The third-order valence-electron chi connectivity index (χ3n) is 3.96. The number of nitrogens with zero attached hydrogens (tertiary/aromatic N) is 1. The molecule has 2 aliphatic rings. The Labute approximate surface area is 107 Å². The molecule has 1 aliphatic heterocycles. The number of aliphatic carboxylic acids is 1. The van der Waals surface area contributed by atoms with Crippen LogP contribution in [0.25, 0.3) is 0 Å². The lowest BCUT2D eigenvalue weighted by Crippen LogP contribution is -2.40. The summed E-state index contributed by atoms with van der Waals surface area (Å²) < 4.78 is 5.33. The van der Waals surface area contributed by atoms with Crippen LogP contribution in [0, 0.1) is 17.3 Å². The van der Waals surface area contributed by atoms with Crippen LogP contribution in [0.5, 0.6) is 0 Å². The van der Waals surface area contributed by atoms with Crippen LogP contribution in [-0.4, -0.2) is 40.3 Å². The third-order valence-corrected chi connectivity index (χ3v) is 3.96. The molecular weight excluding hydrogens is 234 g/mol. The second kappa shape index (κ2) is 3.62. The fourth-order valence-corrected chi connectivity index (χ4v) is 3.16. The highest BCUT2D eigenvalue weighted by Gasteiger charge is 2.71. The number of carbonyl (C=O) groups excluding carboxylic acids is 1. The number of carboxylic acid groups (broad SMARTS) is 1. The van der Waals surface area contributed by atoms with Crippen molar-refractivity contribution in [1.29, 1.82) is 0 Å². The van der Waals surface area contributed by atoms with Gasteiger partial charge in [-0.05, 0) is 26.2 Å². The number of fused-ring (bicyclic) bond motifs is 1. The first-order valence-corrected chi connectivity index (χ1v) is 6.28. The van der Waals surface area contributed by atoms with E-state index in [2.05, 4.69) is 0 Å². The largest absolute Gasteiger partial charge is 0.481 e. The van der Waals surface area contributed by atoms with Crippen molar-refractivity contribution in [3.8, 4) is 0 Å². The van der Waals surface area contributed by atoms with Crippen molar-refractivity contribution in [2.75, 3.05) is 6.54 Å². The number of ether oxygens (including phenoxy) is 1. The standard InChI is InChI=1S/C13H21NO4/c1-12(2,3)18-11(17)14-6-7(10(15)16)8-9(14)13(8,4)5/h7-9H,6H2,1-5H3,(H,15,16)/t7-,8+,9-/m0/s1.